The number of fused-ring (bicyclic) bond motifs is 1. The Morgan fingerprint density at radius 1 is 1.22 bits per heavy atom. The van der Waals surface area contributed by atoms with Gasteiger partial charge in [0.15, 0.2) is 5.13 Å². The quantitative estimate of drug-likeness (QED) is 0.414. The second kappa shape index (κ2) is 7.23. The third-order valence-electron chi connectivity index (χ3n) is 3.94. The number of benzene rings is 2. The van der Waals surface area contributed by atoms with Crippen molar-refractivity contribution in [2.24, 2.45) is 0 Å². The summed E-state index contributed by atoms with van der Waals surface area (Å²) in [6, 6.07) is 17.2. The fourth-order valence-electron chi connectivity index (χ4n) is 2.60. The van der Waals surface area contributed by atoms with E-state index in [0.717, 1.165) is 27.7 Å². The Labute approximate surface area is 158 Å². The van der Waals surface area contributed by atoms with E-state index < -0.39 is 5.91 Å². The van der Waals surface area contributed by atoms with E-state index in [1.165, 1.54) is 11.3 Å². The molecule has 2 heterocycles. The topological polar surface area (TPSA) is 94.5 Å². The number of thiazole rings is 1. The third kappa shape index (κ3) is 3.61. The second-order valence-electron chi connectivity index (χ2n) is 5.74. The molecular weight excluding hydrogens is 358 g/mol. The molecule has 0 unspecified atom stereocenters. The minimum atomic E-state index is -0.490. The average molecular weight is 371 g/mol. The number of aromatic nitrogens is 3. The first kappa shape index (κ1) is 16.7. The van der Waals surface area contributed by atoms with Gasteiger partial charge in [0.1, 0.15) is 11.6 Å². The average Bonchev–Trinajstić information content (AvgIpc) is 3.35. The summed E-state index contributed by atoms with van der Waals surface area (Å²) >= 11 is 1.32. The molecule has 0 saturated heterocycles. The predicted octanol–water partition coefficient (Wildman–Crippen LogP) is 4.23. The van der Waals surface area contributed by atoms with Gasteiger partial charge >= 0.3 is 0 Å². The molecule has 130 valence electrons. The lowest BCUT2D eigenvalue weighted by Gasteiger charge is -2.01. The van der Waals surface area contributed by atoms with Crippen molar-refractivity contribution in [2.75, 3.05) is 5.32 Å². The molecule has 4 aromatic rings. The van der Waals surface area contributed by atoms with Crippen LogP contribution in [0.4, 0.5) is 5.13 Å². The molecule has 0 saturated carbocycles. The number of hydrogen-bond donors (Lipinski definition) is 2. The number of amides is 1. The van der Waals surface area contributed by atoms with Gasteiger partial charge in [-0.05, 0) is 17.7 Å². The maximum Gasteiger partial charge on any atom is 0.268 e. The molecule has 7 heteroatoms. The largest absolute Gasteiger partial charge is 0.297 e. The number of anilines is 1. The van der Waals surface area contributed by atoms with Gasteiger partial charge in [0.05, 0.1) is 17.4 Å². The smallest absolute Gasteiger partial charge is 0.268 e. The van der Waals surface area contributed by atoms with Crippen molar-refractivity contribution in [3.05, 3.63) is 71.2 Å². The van der Waals surface area contributed by atoms with E-state index in [1.807, 2.05) is 60.0 Å². The molecule has 1 amide bonds. The molecule has 0 fully saturated rings. The van der Waals surface area contributed by atoms with Gasteiger partial charge in [0.25, 0.3) is 5.91 Å². The van der Waals surface area contributed by atoms with Crippen molar-refractivity contribution in [2.45, 2.75) is 0 Å². The van der Waals surface area contributed by atoms with Crippen molar-refractivity contribution in [1.29, 1.82) is 5.26 Å². The first-order valence-electron chi connectivity index (χ1n) is 8.10. The second-order valence-corrected chi connectivity index (χ2v) is 6.60. The lowest BCUT2D eigenvalue weighted by molar-refractivity contribution is -0.112. The summed E-state index contributed by atoms with van der Waals surface area (Å²) in [5.41, 5.74) is 3.34. The highest BCUT2D eigenvalue weighted by Gasteiger charge is 2.12. The SMILES string of the molecule is N#C/C(=C\c1ccc2cn[nH]c2c1)C(=O)Nc1nc(-c2ccccc2)cs1. The normalized spacial score (nSPS) is 11.3. The molecule has 0 atom stereocenters. The summed E-state index contributed by atoms with van der Waals surface area (Å²) in [7, 11) is 0. The van der Waals surface area contributed by atoms with E-state index in [1.54, 1.807) is 12.3 Å². The minimum Gasteiger partial charge on any atom is -0.297 e. The van der Waals surface area contributed by atoms with E-state index >= 15 is 0 Å². The number of rotatable bonds is 4. The van der Waals surface area contributed by atoms with Gasteiger partial charge in [-0.1, -0.05) is 42.5 Å². The molecular formula is C20H13N5OS. The Morgan fingerprint density at radius 2 is 2.07 bits per heavy atom. The summed E-state index contributed by atoms with van der Waals surface area (Å²) in [6.45, 7) is 0. The fraction of sp³-hybridized carbons (Fsp3) is 0. The summed E-state index contributed by atoms with van der Waals surface area (Å²) < 4.78 is 0. The lowest BCUT2D eigenvalue weighted by Crippen LogP contribution is -2.13. The molecule has 2 aromatic heterocycles. The molecule has 27 heavy (non-hydrogen) atoms. The van der Waals surface area contributed by atoms with Crippen molar-refractivity contribution in [3.8, 4) is 17.3 Å². The van der Waals surface area contributed by atoms with Gasteiger partial charge in [-0.2, -0.15) is 10.4 Å². The molecule has 0 spiro atoms. The molecule has 0 radical (unpaired) electrons. The summed E-state index contributed by atoms with van der Waals surface area (Å²) in [5.74, 6) is -0.490. The maximum atomic E-state index is 12.5. The monoisotopic (exact) mass is 371 g/mol. The first-order valence-corrected chi connectivity index (χ1v) is 8.98. The third-order valence-corrected chi connectivity index (χ3v) is 4.69. The Balaban J connectivity index is 1.54. The molecule has 4 rings (SSSR count). The number of carbonyl (C=O) groups is 1. The molecule has 0 aliphatic heterocycles. The van der Waals surface area contributed by atoms with Crippen LogP contribution in [0.3, 0.4) is 0 Å². The van der Waals surface area contributed by atoms with Crippen LogP contribution < -0.4 is 5.32 Å². The molecule has 6 nitrogen and oxygen atoms in total. The van der Waals surface area contributed by atoms with Crippen LogP contribution in [0.15, 0.2) is 65.7 Å². The summed E-state index contributed by atoms with van der Waals surface area (Å²) in [5, 5.41) is 22.2. The van der Waals surface area contributed by atoms with Crippen molar-refractivity contribution >= 4 is 39.4 Å². The molecule has 2 aromatic carbocycles. The van der Waals surface area contributed by atoms with E-state index in [-0.39, 0.29) is 5.57 Å². The summed E-state index contributed by atoms with van der Waals surface area (Å²) in [6.07, 6.45) is 3.26. The Kier molecular flexibility index (Phi) is 4.47. The van der Waals surface area contributed by atoms with Crippen LogP contribution in [0.5, 0.6) is 0 Å². The molecule has 0 aliphatic rings. The van der Waals surface area contributed by atoms with Gasteiger partial charge in [0, 0.05) is 16.3 Å². The van der Waals surface area contributed by atoms with Crippen LogP contribution in [0.1, 0.15) is 5.56 Å². The standard InChI is InChI=1S/C20H13N5OS/c21-10-16(8-13-6-7-15-11-22-25-17(15)9-13)19(26)24-20-23-18(12-27-20)14-4-2-1-3-5-14/h1-9,11-12H,(H,22,25)(H,23,24,26)/b16-8+. The van der Waals surface area contributed by atoms with Gasteiger partial charge in [0.2, 0.25) is 0 Å². The zero-order valence-corrected chi connectivity index (χ0v) is 14.8. The number of nitriles is 1. The van der Waals surface area contributed by atoms with Gasteiger partial charge < -0.3 is 0 Å². The Morgan fingerprint density at radius 3 is 2.89 bits per heavy atom. The van der Waals surface area contributed by atoms with Crippen LogP contribution in [-0.2, 0) is 4.79 Å². The number of aromatic amines is 1. The summed E-state index contributed by atoms with van der Waals surface area (Å²) in [4.78, 5) is 16.9. The first-order chi connectivity index (χ1) is 13.2. The fourth-order valence-corrected chi connectivity index (χ4v) is 3.31. The minimum absolute atomic E-state index is 0.00493. The zero-order chi connectivity index (χ0) is 18.6. The zero-order valence-electron chi connectivity index (χ0n) is 14.0. The van der Waals surface area contributed by atoms with Gasteiger partial charge in [-0.25, -0.2) is 4.98 Å². The predicted molar refractivity (Wildman–Crippen MR) is 106 cm³/mol. The van der Waals surface area contributed by atoms with Gasteiger partial charge in [-0.15, -0.1) is 11.3 Å². The number of hydrogen-bond acceptors (Lipinski definition) is 5. The van der Waals surface area contributed by atoms with Crippen molar-refractivity contribution in [3.63, 3.8) is 0 Å². The highest BCUT2D eigenvalue weighted by atomic mass is 32.1. The van der Waals surface area contributed by atoms with Crippen LogP contribution in [-0.4, -0.2) is 21.1 Å². The Bertz CT molecular complexity index is 1180. The number of nitrogens with zero attached hydrogens (tertiary/aromatic N) is 3. The highest BCUT2D eigenvalue weighted by molar-refractivity contribution is 7.14. The van der Waals surface area contributed by atoms with Crippen LogP contribution in [0.25, 0.3) is 28.2 Å². The highest BCUT2D eigenvalue weighted by Crippen LogP contribution is 2.25. The van der Waals surface area contributed by atoms with E-state index in [0.29, 0.717) is 5.13 Å². The van der Waals surface area contributed by atoms with Crippen LogP contribution in [0, 0.1) is 11.3 Å². The van der Waals surface area contributed by atoms with Crippen LogP contribution in [0.2, 0.25) is 0 Å². The molecule has 2 N–H and O–H groups in total. The molecule has 0 aliphatic carbocycles. The van der Waals surface area contributed by atoms with Crippen molar-refractivity contribution < 1.29 is 4.79 Å². The number of carbonyl (C=O) groups excluding carboxylic acids is 1. The van der Waals surface area contributed by atoms with Crippen molar-refractivity contribution in [1.82, 2.24) is 15.2 Å². The van der Waals surface area contributed by atoms with Crippen LogP contribution >= 0.6 is 11.3 Å². The van der Waals surface area contributed by atoms with E-state index in [9.17, 15) is 10.1 Å². The lowest BCUT2D eigenvalue weighted by atomic mass is 10.1. The van der Waals surface area contributed by atoms with Gasteiger partial charge in [-0.3, -0.25) is 15.2 Å². The Hall–Kier alpha value is -3.76. The number of nitrogens with one attached hydrogen (secondary N) is 2. The number of H-pyrrole nitrogens is 1. The maximum absolute atomic E-state index is 12.5. The van der Waals surface area contributed by atoms with E-state index in [2.05, 4.69) is 20.5 Å². The molecule has 0 bridgehead atoms. The van der Waals surface area contributed by atoms with E-state index in [4.69, 9.17) is 0 Å².